The molecular formula is C19H22F3N3O3. The Morgan fingerprint density at radius 1 is 1.11 bits per heavy atom. The van der Waals surface area contributed by atoms with Crippen LogP contribution in [-0.4, -0.2) is 70.9 Å². The first kappa shape index (κ1) is 20.2. The average Bonchev–Trinajstić information content (AvgIpc) is 2.90. The highest BCUT2D eigenvalue weighted by molar-refractivity contribution is 6.02. The minimum atomic E-state index is -4.62. The predicted octanol–water partition coefficient (Wildman–Crippen LogP) is 2.73. The Morgan fingerprint density at radius 2 is 1.75 bits per heavy atom. The van der Waals surface area contributed by atoms with E-state index in [4.69, 9.17) is 0 Å². The number of imide groups is 1. The van der Waals surface area contributed by atoms with Crippen molar-refractivity contribution in [3.8, 4) is 0 Å². The van der Waals surface area contributed by atoms with Crippen LogP contribution in [0.5, 0.6) is 0 Å². The first-order chi connectivity index (χ1) is 13.1. The van der Waals surface area contributed by atoms with E-state index < -0.39 is 24.7 Å². The lowest BCUT2D eigenvalue weighted by atomic mass is 10.0. The number of aryl methyl sites for hydroxylation is 2. The van der Waals surface area contributed by atoms with Crippen molar-refractivity contribution >= 4 is 17.8 Å². The molecule has 1 aromatic rings. The van der Waals surface area contributed by atoms with Crippen LogP contribution in [0.4, 0.5) is 18.0 Å². The van der Waals surface area contributed by atoms with Crippen molar-refractivity contribution < 1.29 is 27.6 Å². The van der Waals surface area contributed by atoms with Gasteiger partial charge in [0.25, 0.3) is 11.8 Å². The first-order valence-electron chi connectivity index (χ1n) is 9.11. The summed E-state index contributed by atoms with van der Waals surface area (Å²) in [5.41, 5.74) is 2.70. The second kappa shape index (κ2) is 7.44. The van der Waals surface area contributed by atoms with Gasteiger partial charge in [0.2, 0.25) is 0 Å². The number of carbonyl (C=O) groups excluding carboxylic acids is 3. The Kier molecular flexibility index (Phi) is 5.36. The summed E-state index contributed by atoms with van der Waals surface area (Å²) in [5.74, 6) is -0.944. The van der Waals surface area contributed by atoms with Crippen LogP contribution in [0.2, 0.25) is 0 Å². The molecular weight excluding hydrogens is 375 g/mol. The van der Waals surface area contributed by atoms with E-state index >= 15 is 0 Å². The monoisotopic (exact) mass is 397 g/mol. The van der Waals surface area contributed by atoms with E-state index in [1.807, 2.05) is 26.0 Å². The lowest BCUT2D eigenvalue weighted by Crippen LogP contribution is -2.48. The van der Waals surface area contributed by atoms with Gasteiger partial charge in [0, 0.05) is 24.7 Å². The van der Waals surface area contributed by atoms with Crippen LogP contribution in [0.15, 0.2) is 18.2 Å². The van der Waals surface area contributed by atoms with Crippen molar-refractivity contribution in [1.29, 1.82) is 0 Å². The summed E-state index contributed by atoms with van der Waals surface area (Å²) < 4.78 is 37.7. The molecule has 0 bridgehead atoms. The molecule has 0 aromatic heterocycles. The molecule has 2 aliphatic heterocycles. The second-order valence-electron chi connectivity index (χ2n) is 7.33. The van der Waals surface area contributed by atoms with Crippen LogP contribution in [0.1, 0.15) is 34.3 Å². The number of urea groups is 1. The van der Waals surface area contributed by atoms with Crippen LogP contribution in [0.3, 0.4) is 0 Å². The minimum Gasteiger partial charge on any atom is -0.338 e. The van der Waals surface area contributed by atoms with Crippen LogP contribution < -0.4 is 0 Å². The highest BCUT2D eigenvalue weighted by Crippen LogP contribution is 2.26. The van der Waals surface area contributed by atoms with Gasteiger partial charge in [0.1, 0.15) is 13.1 Å². The zero-order valence-corrected chi connectivity index (χ0v) is 15.8. The van der Waals surface area contributed by atoms with E-state index in [2.05, 4.69) is 0 Å². The Balaban J connectivity index is 1.61. The summed E-state index contributed by atoms with van der Waals surface area (Å²) in [6.45, 7) is 2.75. The number of hydrogen-bond acceptors (Lipinski definition) is 3. The molecule has 2 aliphatic rings. The third-order valence-corrected chi connectivity index (χ3v) is 5.37. The van der Waals surface area contributed by atoms with E-state index in [0.29, 0.717) is 31.5 Å². The van der Waals surface area contributed by atoms with Crippen molar-refractivity contribution in [2.75, 3.05) is 26.2 Å². The molecule has 2 heterocycles. The minimum absolute atomic E-state index is 0.107. The quantitative estimate of drug-likeness (QED) is 0.737. The van der Waals surface area contributed by atoms with Crippen molar-refractivity contribution in [3.63, 3.8) is 0 Å². The zero-order valence-electron chi connectivity index (χ0n) is 15.8. The summed E-state index contributed by atoms with van der Waals surface area (Å²) in [6.07, 6.45) is -3.77. The summed E-state index contributed by atoms with van der Waals surface area (Å²) in [4.78, 5) is 39.9. The van der Waals surface area contributed by atoms with E-state index in [0.717, 1.165) is 11.1 Å². The van der Waals surface area contributed by atoms with Gasteiger partial charge in [-0.2, -0.15) is 13.2 Å². The van der Waals surface area contributed by atoms with Gasteiger partial charge in [0.05, 0.1) is 0 Å². The molecule has 0 saturated carbocycles. The molecule has 4 amide bonds. The standard InChI is InChI=1S/C19H22F3N3O3/c1-12-3-4-14(9-13(12)2)17(27)23-7-5-15(6-8-23)24-10-16(26)25(18(24)28)11-19(20,21)22/h3-4,9,15H,5-8,10-11H2,1-2H3. The number of benzene rings is 1. The highest BCUT2D eigenvalue weighted by atomic mass is 19.4. The van der Waals surface area contributed by atoms with Gasteiger partial charge in [-0.3, -0.25) is 14.5 Å². The van der Waals surface area contributed by atoms with Crippen LogP contribution in [0, 0.1) is 13.8 Å². The molecule has 0 radical (unpaired) electrons. The number of likely N-dealkylation sites (tertiary alicyclic amines) is 1. The van der Waals surface area contributed by atoms with Crippen molar-refractivity contribution in [1.82, 2.24) is 14.7 Å². The van der Waals surface area contributed by atoms with Gasteiger partial charge in [-0.25, -0.2) is 4.79 Å². The maximum Gasteiger partial charge on any atom is 0.406 e. The number of alkyl halides is 3. The van der Waals surface area contributed by atoms with Crippen LogP contribution in [-0.2, 0) is 4.79 Å². The molecule has 0 aliphatic carbocycles. The number of piperidine rings is 1. The molecule has 6 nitrogen and oxygen atoms in total. The van der Waals surface area contributed by atoms with Crippen molar-refractivity contribution in [2.45, 2.75) is 38.9 Å². The fourth-order valence-electron chi connectivity index (χ4n) is 3.62. The second-order valence-corrected chi connectivity index (χ2v) is 7.33. The third kappa shape index (κ3) is 4.13. The van der Waals surface area contributed by atoms with Crippen molar-refractivity contribution in [3.05, 3.63) is 34.9 Å². The number of rotatable bonds is 3. The van der Waals surface area contributed by atoms with Crippen LogP contribution >= 0.6 is 0 Å². The number of halogens is 3. The Labute approximate surface area is 160 Å². The summed E-state index contributed by atoms with van der Waals surface area (Å²) in [7, 11) is 0. The van der Waals surface area contributed by atoms with Gasteiger partial charge >= 0.3 is 12.2 Å². The SMILES string of the molecule is Cc1ccc(C(=O)N2CCC(N3CC(=O)N(CC(F)(F)F)C3=O)CC2)cc1C. The summed E-state index contributed by atoms with van der Waals surface area (Å²) in [6, 6.07) is 4.24. The van der Waals surface area contributed by atoms with Gasteiger partial charge in [-0.05, 0) is 49.9 Å². The molecule has 28 heavy (non-hydrogen) atoms. The maximum atomic E-state index is 12.7. The third-order valence-electron chi connectivity index (χ3n) is 5.37. The number of amides is 4. The molecule has 1 aromatic carbocycles. The maximum absolute atomic E-state index is 12.7. The molecule has 2 fully saturated rings. The number of carbonyl (C=O) groups is 3. The normalized spacial score (nSPS) is 19.0. The van der Waals surface area contributed by atoms with Gasteiger partial charge < -0.3 is 9.80 Å². The van der Waals surface area contributed by atoms with E-state index in [1.165, 1.54) is 4.90 Å². The van der Waals surface area contributed by atoms with Crippen LogP contribution in [0.25, 0.3) is 0 Å². The van der Waals surface area contributed by atoms with E-state index in [9.17, 15) is 27.6 Å². The molecule has 0 atom stereocenters. The Hall–Kier alpha value is -2.58. The molecule has 3 rings (SSSR count). The van der Waals surface area contributed by atoms with Gasteiger partial charge in [0.15, 0.2) is 0 Å². The number of nitrogens with zero attached hydrogens (tertiary/aromatic N) is 3. The van der Waals surface area contributed by atoms with Gasteiger partial charge in [-0.1, -0.05) is 6.07 Å². The largest absolute Gasteiger partial charge is 0.406 e. The first-order valence-corrected chi connectivity index (χ1v) is 9.11. The fraction of sp³-hybridized carbons (Fsp3) is 0.526. The lowest BCUT2D eigenvalue weighted by Gasteiger charge is -2.36. The zero-order chi connectivity index (χ0) is 20.6. The van der Waals surface area contributed by atoms with Gasteiger partial charge in [-0.15, -0.1) is 0 Å². The predicted molar refractivity (Wildman–Crippen MR) is 94.7 cm³/mol. The molecule has 0 unspecified atom stereocenters. The molecule has 9 heteroatoms. The average molecular weight is 397 g/mol. The molecule has 0 N–H and O–H groups in total. The smallest absolute Gasteiger partial charge is 0.338 e. The topological polar surface area (TPSA) is 60.9 Å². The van der Waals surface area contributed by atoms with E-state index in [1.54, 1.807) is 11.0 Å². The van der Waals surface area contributed by atoms with Crippen molar-refractivity contribution in [2.24, 2.45) is 0 Å². The number of hydrogen-bond donors (Lipinski definition) is 0. The summed E-state index contributed by atoms with van der Waals surface area (Å²) in [5, 5.41) is 0. The lowest BCUT2D eigenvalue weighted by molar-refractivity contribution is -0.151. The van der Waals surface area contributed by atoms with E-state index in [-0.39, 0.29) is 23.4 Å². The molecule has 152 valence electrons. The molecule has 2 saturated heterocycles. The fourth-order valence-corrected chi connectivity index (χ4v) is 3.62. The molecule has 0 spiro atoms. The Bertz CT molecular complexity index is 801. The Morgan fingerprint density at radius 3 is 2.32 bits per heavy atom. The summed E-state index contributed by atoms with van der Waals surface area (Å²) >= 11 is 0. The highest BCUT2D eigenvalue weighted by Gasteiger charge is 2.45.